The van der Waals surface area contributed by atoms with E-state index in [1.165, 1.54) is 6.20 Å². The van der Waals surface area contributed by atoms with Crippen molar-refractivity contribution in [2.45, 2.75) is 17.9 Å². The molecule has 0 fully saturated rings. The van der Waals surface area contributed by atoms with Gasteiger partial charge in [-0.15, -0.1) is 0 Å². The van der Waals surface area contributed by atoms with Crippen LogP contribution in [0.15, 0.2) is 59.9 Å². The highest BCUT2D eigenvalue weighted by atomic mass is 32.2. The zero-order valence-electron chi connectivity index (χ0n) is 14.7. The zero-order valence-corrected chi connectivity index (χ0v) is 15.5. The van der Waals surface area contributed by atoms with E-state index in [1.807, 2.05) is 0 Å². The van der Waals surface area contributed by atoms with Crippen molar-refractivity contribution in [1.29, 1.82) is 0 Å². The average molecular weight is 427 g/mol. The molecule has 0 aliphatic rings. The fourth-order valence-corrected chi connectivity index (χ4v) is 3.33. The number of imidazole rings is 1. The molecule has 0 spiro atoms. The SMILES string of the molecule is O=C(CSc1ncc(-c2ccccc2)n1CC(F)(F)F)Nc1cc(F)ccc1F. The van der Waals surface area contributed by atoms with Gasteiger partial charge in [-0.3, -0.25) is 4.79 Å². The fourth-order valence-electron chi connectivity index (χ4n) is 2.56. The van der Waals surface area contributed by atoms with Gasteiger partial charge < -0.3 is 9.88 Å². The number of alkyl halides is 3. The Balaban J connectivity index is 1.77. The zero-order chi connectivity index (χ0) is 21.0. The van der Waals surface area contributed by atoms with E-state index in [-0.39, 0.29) is 22.3 Å². The van der Waals surface area contributed by atoms with Crippen molar-refractivity contribution in [3.63, 3.8) is 0 Å². The van der Waals surface area contributed by atoms with E-state index in [2.05, 4.69) is 10.3 Å². The van der Waals surface area contributed by atoms with Crippen molar-refractivity contribution in [2.75, 3.05) is 11.1 Å². The number of aromatic nitrogens is 2. The number of halogens is 5. The summed E-state index contributed by atoms with van der Waals surface area (Å²) in [7, 11) is 0. The molecule has 2 aromatic carbocycles. The molecule has 4 nitrogen and oxygen atoms in total. The Bertz CT molecular complexity index is 1000. The summed E-state index contributed by atoms with van der Waals surface area (Å²) >= 11 is 0.764. The summed E-state index contributed by atoms with van der Waals surface area (Å²) in [5.41, 5.74) is 0.448. The molecule has 3 rings (SSSR count). The lowest BCUT2D eigenvalue weighted by molar-refractivity contribution is -0.141. The maximum absolute atomic E-state index is 13.6. The van der Waals surface area contributed by atoms with E-state index in [9.17, 15) is 26.7 Å². The summed E-state index contributed by atoms with van der Waals surface area (Å²) in [4.78, 5) is 16.0. The van der Waals surface area contributed by atoms with E-state index in [0.29, 0.717) is 5.56 Å². The summed E-state index contributed by atoms with van der Waals surface area (Å²) in [5.74, 6) is -2.60. The van der Waals surface area contributed by atoms with Crippen LogP contribution in [-0.4, -0.2) is 27.4 Å². The highest BCUT2D eigenvalue weighted by molar-refractivity contribution is 7.99. The molecule has 0 aliphatic heterocycles. The summed E-state index contributed by atoms with van der Waals surface area (Å²) in [5, 5.41) is 2.18. The lowest BCUT2D eigenvalue weighted by atomic mass is 10.2. The number of rotatable bonds is 6. The Morgan fingerprint density at radius 2 is 1.83 bits per heavy atom. The molecule has 0 atom stereocenters. The standard InChI is InChI=1S/C19H14F5N3OS/c20-13-6-7-14(21)15(8-13)26-17(28)10-29-18-25-9-16(12-4-2-1-3-5-12)27(18)11-19(22,23)24/h1-9H,10-11H2,(H,26,28). The van der Waals surface area contributed by atoms with Crippen molar-refractivity contribution in [1.82, 2.24) is 9.55 Å². The normalized spacial score (nSPS) is 11.5. The topological polar surface area (TPSA) is 46.9 Å². The Kier molecular flexibility index (Phi) is 6.21. The van der Waals surface area contributed by atoms with Gasteiger partial charge in [-0.05, 0) is 17.7 Å². The third-order valence-corrected chi connectivity index (χ3v) is 4.75. The van der Waals surface area contributed by atoms with Crippen LogP contribution in [0.4, 0.5) is 27.6 Å². The molecular weight excluding hydrogens is 413 g/mol. The molecule has 29 heavy (non-hydrogen) atoms. The highest BCUT2D eigenvalue weighted by Gasteiger charge is 2.31. The summed E-state index contributed by atoms with van der Waals surface area (Å²) in [6, 6.07) is 11.0. The first-order chi connectivity index (χ1) is 13.7. The molecular formula is C19H14F5N3OS. The van der Waals surface area contributed by atoms with Crippen molar-refractivity contribution < 1.29 is 26.7 Å². The van der Waals surface area contributed by atoms with E-state index >= 15 is 0 Å². The van der Waals surface area contributed by atoms with Crippen molar-refractivity contribution >= 4 is 23.4 Å². The van der Waals surface area contributed by atoms with Crippen LogP contribution in [0, 0.1) is 11.6 Å². The van der Waals surface area contributed by atoms with Crippen LogP contribution in [0.5, 0.6) is 0 Å². The number of anilines is 1. The van der Waals surface area contributed by atoms with Gasteiger partial charge in [0.15, 0.2) is 5.16 Å². The molecule has 0 bridgehead atoms. The monoisotopic (exact) mass is 427 g/mol. The lowest BCUT2D eigenvalue weighted by Gasteiger charge is -2.14. The highest BCUT2D eigenvalue weighted by Crippen LogP contribution is 2.30. The second-order valence-corrected chi connectivity index (χ2v) is 6.90. The number of hydrogen-bond donors (Lipinski definition) is 1. The van der Waals surface area contributed by atoms with Crippen molar-refractivity contribution in [3.8, 4) is 11.3 Å². The first-order valence-corrected chi connectivity index (χ1v) is 9.27. The minimum absolute atomic E-state index is 0.0176. The van der Waals surface area contributed by atoms with Gasteiger partial charge in [0.05, 0.1) is 23.3 Å². The molecule has 0 aliphatic carbocycles. The maximum atomic E-state index is 13.6. The number of benzene rings is 2. The smallest absolute Gasteiger partial charge is 0.323 e. The minimum Gasteiger partial charge on any atom is -0.323 e. The van der Waals surface area contributed by atoms with Gasteiger partial charge in [0.25, 0.3) is 0 Å². The Morgan fingerprint density at radius 3 is 2.52 bits per heavy atom. The number of carbonyl (C=O) groups is 1. The average Bonchev–Trinajstić information content (AvgIpc) is 3.04. The first-order valence-electron chi connectivity index (χ1n) is 8.28. The maximum Gasteiger partial charge on any atom is 0.406 e. The summed E-state index contributed by atoms with van der Waals surface area (Å²) in [6.07, 6.45) is -3.19. The fraction of sp³-hybridized carbons (Fsp3) is 0.158. The van der Waals surface area contributed by atoms with E-state index in [1.54, 1.807) is 30.3 Å². The van der Waals surface area contributed by atoms with Crippen molar-refractivity contribution in [2.24, 2.45) is 0 Å². The van der Waals surface area contributed by atoms with E-state index in [4.69, 9.17) is 0 Å². The minimum atomic E-state index is -4.49. The van der Waals surface area contributed by atoms with Gasteiger partial charge in [0, 0.05) is 6.07 Å². The molecule has 0 radical (unpaired) electrons. The van der Waals surface area contributed by atoms with Gasteiger partial charge in [-0.1, -0.05) is 42.1 Å². The van der Waals surface area contributed by atoms with Crippen LogP contribution in [-0.2, 0) is 11.3 Å². The van der Waals surface area contributed by atoms with Crippen molar-refractivity contribution in [3.05, 3.63) is 66.4 Å². The summed E-state index contributed by atoms with van der Waals surface area (Å²) < 4.78 is 66.9. The first kappa shape index (κ1) is 20.8. The van der Waals surface area contributed by atoms with Crippen LogP contribution < -0.4 is 5.32 Å². The third-order valence-electron chi connectivity index (χ3n) is 3.76. The molecule has 10 heteroatoms. The van der Waals surface area contributed by atoms with Crippen LogP contribution in [0.1, 0.15) is 0 Å². The molecule has 1 aromatic heterocycles. The van der Waals surface area contributed by atoms with Gasteiger partial charge in [-0.2, -0.15) is 13.2 Å². The molecule has 0 unspecified atom stereocenters. The van der Waals surface area contributed by atoms with Gasteiger partial charge in [-0.25, -0.2) is 13.8 Å². The number of amides is 1. The number of nitrogens with zero attached hydrogens (tertiary/aromatic N) is 2. The molecule has 3 aromatic rings. The Labute approximate surface area is 166 Å². The Morgan fingerprint density at radius 1 is 1.10 bits per heavy atom. The predicted molar refractivity (Wildman–Crippen MR) is 99.4 cm³/mol. The van der Waals surface area contributed by atoms with E-state index < -0.39 is 30.3 Å². The lowest BCUT2D eigenvalue weighted by Crippen LogP contribution is -2.20. The number of thioether (sulfide) groups is 1. The molecule has 0 saturated heterocycles. The van der Waals surface area contributed by atoms with Gasteiger partial charge in [0.2, 0.25) is 5.91 Å². The van der Waals surface area contributed by atoms with Crippen LogP contribution >= 0.6 is 11.8 Å². The second-order valence-electron chi connectivity index (χ2n) is 5.95. The molecule has 1 amide bonds. The number of carbonyl (C=O) groups excluding carboxylic acids is 1. The summed E-state index contributed by atoms with van der Waals surface area (Å²) in [6.45, 7) is -1.28. The largest absolute Gasteiger partial charge is 0.406 e. The van der Waals surface area contributed by atoms with Crippen LogP contribution in [0.25, 0.3) is 11.3 Å². The number of hydrogen-bond acceptors (Lipinski definition) is 3. The third kappa shape index (κ3) is 5.57. The van der Waals surface area contributed by atoms with Crippen LogP contribution in [0.2, 0.25) is 0 Å². The molecule has 152 valence electrons. The molecule has 0 saturated carbocycles. The van der Waals surface area contributed by atoms with E-state index in [0.717, 1.165) is 34.5 Å². The van der Waals surface area contributed by atoms with Crippen LogP contribution in [0.3, 0.4) is 0 Å². The number of nitrogens with one attached hydrogen (secondary N) is 1. The predicted octanol–water partition coefficient (Wildman–Crippen LogP) is 5.12. The van der Waals surface area contributed by atoms with Gasteiger partial charge >= 0.3 is 6.18 Å². The van der Waals surface area contributed by atoms with Gasteiger partial charge in [0.1, 0.15) is 18.2 Å². The Hall–Kier alpha value is -2.88. The molecule has 1 N–H and O–H groups in total. The quantitative estimate of drug-likeness (QED) is 0.439. The molecule has 1 heterocycles. The second kappa shape index (κ2) is 8.64.